The Morgan fingerprint density at radius 2 is 1.74 bits per heavy atom. The molecule has 2 aromatic rings. The molecule has 1 aliphatic rings. The van der Waals surface area contributed by atoms with Crippen molar-refractivity contribution in [2.24, 2.45) is 0 Å². The first-order valence-corrected chi connectivity index (χ1v) is 11.6. The maximum absolute atomic E-state index is 12.6. The lowest BCUT2D eigenvalue weighted by Gasteiger charge is -2.22. The largest absolute Gasteiger partial charge is 0.474 e. The van der Waals surface area contributed by atoms with E-state index < -0.39 is 27.0 Å². The third kappa shape index (κ3) is 6.02. The predicted octanol–water partition coefficient (Wildman–Crippen LogP) is 3.61. The molecule has 0 heterocycles. The van der Waals surface area contributed by atoms with Crippen LogP contribution in [0, 0.1) is 10.1 Å². The summed E-state index contributed by atoms with van der Waals surface area (Å²) in [5, 5.41) is 13.7. The van der Waals surface area contributed by atoms with E-state index in [9.17, 15) is 23.3 Å². The number of carbonyl (C=O) groups is 1. The van der Waals surface area contributed by atoms with Crippen molar-refractivity contribution < 1.29 is 22.9 Å². The van der Waals surface area contributed by atoms with Crippen LogP contribution in [0.3, 0.4) is 0 Å². The molecule has 1 atom stereocenters. The number of para-hydroxylation sites is 2. The molecule has 0 radical (unpaired) electrons. The minimum absolute atomic E-state index is 0.00891. The van der Waals surface area contributed by atoms with Crippen LogP contribution in [-0.4, -0.2) is 31.4 Å². The fourth-order valence-electron chi connectivity index (χ4n) is 3.42. The van der Waals surface area contributed by atoms with E-state index >= 15 is 0 Å². The van der Waals surface area contributed by atoms with Gasteiger partial charge in [-0.15, -0.1) is 0 Å². The van der Waals surface area contributed by atoms with Crippen molar-refractivity contribution in [3.05, 3.63) is 58.6 Å². The number of rotatable bonds is 8. The van der Waals surface area contributed by atoms with Gasteiger partial charge in [0.15, 0.2) is 11.9 Å². The first kappa shape index (κ1) is 22.7. The van der Waals surface area contributed by atoms with Gasteiger partial charge in [-0.25, -0.2) is 13.1 Å². The second-order valence-electron chi connectivity index (χ2n) is 7.45. The number of nitro groups is 1. The number of ether oxygens (including phenoxy) is 1. The molecule has 1 amide bonds. The molecular weight excluding hydrogens is 422 g/mol. The molecule has 0 saturated heterocycles. The van der Waals surface area contributed by atoms with Gasteiger partial charge in [0.05, 0.1) is 9.82 Å². The van der Waals surface area contributed by atoms with E-state index in [1.54, 1.807) is 6.07 Å². The van der Waals surface area contributed by atoms with Gasteiger partial charge >= 0.3 is 5.69 Å². The Morgan fingerprint density at radius 1 is 1.10 bits per heavy atom. The average molecular weight is 448 g/mol. The summed E-state index contributed by atoms with van der Waals surface area (Å²) in [6.07, 6.45) is 3.84. The summed E-state index contributed by atoms with van der Waals surface area (Å²) < 4.78 is 33.3. The molecule has 2 aromatic carbocycles. The summed E-state index contributed by atoms with van der Waals surface area (Å²) in [7, 11) is -3.63. The number of sulfonamides is 1. The summed E-state index contributed by atoms with van der Waals surface area (Å²) in [5.74, 6) is -0.528. The molecule has 3 rings (SSSR count). The number of carbonyl (C=O) groups excluding carboxylic acids is 1. The molecule has 1 unspecified atom stereocenters. The number of benzene rings is 2. The molecule has 0 aromatic heterocycles. The van der Waals surface area contributed by atoms with E-state index in [1.807, 2.05) is 0 Å². The third-order valence-electron chi connectivity index (χ3n) is 5.09. The fourth-order valence-corrected chi connectivity index (χ4v) is 4.73. The van der Waals surface area contributed by atoms with Crippen molar-refractivity contribution >= 4 is 27.3 Å². The normalized spacial score (nSPS) is 15.8. The number of anilines is 1. The van der Waals surface area contributed by atoms with Crippen LogP contribution in [0.1, 0.15) is 39.0 Å². The summed E-state index contributed by atoms with van der Waals surface area (Å²) in [6, 6.07) is 11.6. The molecule has 1 aliphatic carbocycles. The molecule has 9 nitrogen and oxygen atoms in total. The molecule has 166 valence electrons. The number of nitrogens with one attached hydrogen (secondary N) is 2. The van der Waals surface area contributed by atoms with Gasteiger partial charge in [0.25, 0.3) is 5.91 Å². The zero-order valence-electron chi connectivity index (χ0n) is 17.1. The van der Waals surface area contributed by atoms with Crippen LogP contribution in [0.4, 0.5) is 11.4 Å². The summed E-state index contributed by atoms with van der Waals surface area (Å²) in [5.41, 5.74) is 0.154. The fraction of sp³-hybridized carbons (Fsp3) is 0.381. The van der Waals surface area contributed by atoms with Gasteiger partial charge < -0.3 is 10.1 Å². The molecule has 0 aliphatic heterocycles. The number of nitro benzene ring substituents is 1. The molecule has 2 N–H and O–H groups in total. The minimum Gasteiger partial charge on any atom is -0.474 e. The Balaban J connectivity index is 1.61. The highest BCUT2D eigenvalue weighted by atomic mass is 32.2. The summed E-state index contributed by atoms with van der Waals surface area (Å²) in [6.45, 7) is 1.47. The van der Waals surface area contributed by atoms with Crippen molar-refractivity contribution in [1.29, 1.82) is 0 Å². The molecular formula is C21H25N3O6S. The summed E-state index contributed by atoms with van der Waals surface area (Å²) in [4.78, 5) is 23.0. The molecule has 1 fully saturated rings. The van der Waals surface area contributed by atoms with Gasteiger partial charge in [0.1, 0.15) is 0 Å². The van der Waals surface area contributed by atoms with E-state index in [0.29, 0.717) is 5.69 Å². The van der Waals surface area contributed by atoms with Crippen molar-refractivity contribution in [2.45, 2.75) is 56.1 Å². The van der Waals surface area contributed by atoms with E-state index in [1.165, 1.54) is 49.4 Å². The first-order chi connectivity index (χ1) is 14.8. The first-order valence-electron chi connectivity index (χ1n) is 10.1. The second-order valence-corrected chi connectivity index (χ2v) is 9.17. The van der Waals surface area contributed by atoms with Crippen LogP contribution in [0.5, 0.6) is 5.75 Å². The molecule has 0 bridgehead atoms. The van der Waals surface area contributed by atoms with Crippen LogP contribution in [0.15, 0.2) is 53.4 Å². The number of nitrogens with zero attached hydrogens (tertiary/aromatic N) is 1. The quantitative estimate of drug-likeness (QED) is 0.470. The number of hydrogen-bond donors (Lipinski definition) is 2. The second kappa shape index (κ2) is 9.88. The van der Waals surface area contributed by atoms with E-state index in [2.05, 4.69) is 10.0 Å². The van der Waals surface area contributed by atoms with Gasteiger partial charge in [0, 0.05) is 17.8 Å². The van der Waals surface area contributed by atoms with Gasteiger partial charge in [0.2, 0.25) is 10.0 Å². The van der Waals surface area contributed by atoms with Crippen molar-refractivity contribution in [3.8, 4) is 5.75 Å². The Morgan fingerprint density at radius 3 is 2.39 bits per heavy atom. The zero-order valence-corrected chi connectivity index (χ0v) is 17.9. The molecule has 31 heavy (non-hydrogen) atoms. The van der Waals surface area contributed by atoms with Gasteiger partial charge in [-0.2, -0.15) is 0 Å². The molecule has 10 heteroatoms. The van der Waals surface area contributed by atoms with Crippen molar-refractivity contribution in [1.82, 2.24) is 4.72 Å². The van der Waals surface area contributed by atoms with E-state index in [0.717, 1.165) is 32.1 Å². The topological polar surface area (TPSA) is 128 Å². The highest BCUT2D eigenvalue weighted by molar-refractivity contribution is 7.89. The van der Waals surface area contributed by atoms with Crippen molar-refractivity contribution in [3.63, 3.8) is 0 Å². The zero-order chi connectivity index (χ0) is 22.4. The standard InChI is InChI=1S/C21H25N3O6S/c1-15(30-20-10-6-5-9-19(20)24(26)27)21(25)22-16-11-13-18(14-12-16)31(28,29)23-17-7-3-2-4-8-17/h5-6,9-15,17,23H,2-4,7-8H2,1H3,(H,22,25). The predicted molar refractivity (Wildman–Crippen MR) is 115 cm³/mol. The maximum Gasteiger partial charge on any atom is 0.310 e. The lowest BCUT2D eigenvalue weighted by molar-refractivity contribution is -0.386. The molecule has 0 spiro atoms. The Labute approximate surface area is 181 Å². The summed E-state index contributed by atoms with van der Waals surface area (Å²) >= 11 is 0. The van der Waals surface area contributed by atoms with Gasteiger partial charge in [-0.1, -0.05) is 31.4 Å². The van der Waals surface area contributed by atoms with E-state index in [-0.39, 0.29) is 22.4 Å². The lowest BCUT2D eigenvalue weighted by Crippen LogP contribution is -2.36. The van der Waals surface area contributed by atoms with Crippen molar-refractivity contribution in [2.75, 3.05) is 5.32 Å². The highest BCUT2D eigenvalue weighted by Gasteiger charge is 2.23. The lowest BCUT2D eigenvalue weighted by atomic mass is 9.96. The number of hydrogen-bond acceptors (Lipinski definition) is 6. The monoisotopic (exact) mass is 447 g/mol. The highest BCUT2D eigenvalue weighted by Crippen LogP contribution is 2.27. The Kier molecular flexibility index (Phi) is 7.24. The number of amides is 1. The Hall–Kier alpha value is -2.98. The van der Waals surface area contributed by atoms with Crippen LogP contribution in [0.25, 0.3) is 0 Å². The maximum atomic E-state index is 12.6. The minimum atomic E-state index is -3.63. The SMILES string of the molecule is CC(Oc1ccccc1[N+](=O)[O-])C(=O)Nc1ccc(S(=O)(=O)NC2CCCCC2)cc1. The van der Waals surface area contributed by atoms with Crippen LogP contribution in [-0.2, 0) is 14.8 Å². The van der Waals surface area contributed by atoms with Crippen LogP contribution in [0.2, 0.25) is 0 Å². The van der Waals surface area contributed by atoms with Crippen LogP contribution < -0.4 is 14.8 Å². The molecule has 1 saturated carbocycles. The smallest absolute Gasteiger partial charge is 0.310 e. The Bertz CT molecular complexity index is 1030. The van der Waals surface area contributed by atoms with Gasteiger partial charge in [-0.05, 0) is 50.1 Å². The van der Waals surface area contributed by atoms with Gasteiger partial charge in [-0.3, -0.25) is 14.9 Å². The average Bonchev–Trinajstić information content (AvgIpc) is 2.74. The van der Waals surface area contributed by atoms with E-state index in [4.69, 9.17) is 4.74 Å². The third-order valence-corrected chi connectivity index (χ3v) is 6.63. The van der Waals surface area contributed by atoms with Crippen LogP contribution >= 0.6 is 0 Å².